The summed E-state index contributed by atoms with van der Waals surface area (Å²) in [6.45, 7) is 10.1. The Morgan fingerprint density at radius 3 is 2.21 bits per heavy atom. The maximum absolute atomic E-state index is 14.4. The van der Waals surface area contributed by atoms with Crippen LogP contribution in [-0.4, -0.2) is 75.9 Å². The number of amides is 5. The highest BCUT2D eigenvalue weighted by atomic mass is 16.3. The molecule has 3 saturated carbocycles. The lowest BCUT2D eigenvalue weighted by molar-refractivity contribution is -0.145. The molecule has 5 rings (SSSR count). The minimum atomic E-state index is -1.09. The van der Waals surface area contributed by atoms with Gasteiger partial charge in [0.25, 0.3) is 5.91 Å². The summed E-state index contributed by atoms with van der Waals surface area (Å²) >= 11 is 0. The summed E-state index contributed by atoms with van der Waals surface area (Å²) in [7, 11) is 0. The van der Waals surface area contributed by atoms with Gasteiger partial charge in [-0.05, 0) is 53.4 Å². The summed E-state index contributed by atoms with van der Waals surface area (Å²) < 4.78 is 0. The number of likely N-dealkylation sites (tertiary alicyclic amines) is 1. The van der Waals surface area contributed by atoms with Crippen LogP contribution in [0.4, 0.5) is 4.79 Å². The van der Waals surface area contributed by atoms with Crippen molar-refractivity contribution in [3.05, 3.63) is 35.9 Å². The van der Waals surface area contributed by atoms with Crippen molar-refractivity contribution < 1.29 is 29.1 Å². The van der Waals surface area contributed by atoms with Crippen molar-refractivity contribution in [1.29, 1.82) is 0 Å². The Kier molecular flexibility index (Phi) is 9.79. The van der Waals surface area contributed by atoms with Crippen LogP contribution in [0.2, 0.25) is 0 Å². The third-order valence-corrected chi connectivity index (χ3v) is 11.3. The molecule has 1 aromatic rings. The minimum Gasteiger partial charge on any atom is -0.390 e. The normalized spacial score (nSPS) is 26.3. The molecule has 1 heterocycles. The molecule has 4 aliphatic rings. The molecule has 3 aliphatic carbocycles. The Hall–Kier alpha value is -3.47. The Morgan fingerprint density at radius 1 is 1.00 bits per heavy atom. The number of rotatable bonds is 12. The third-order valence-electron chi connectivity index (χ3n) is 11.3. The Labute approximate surface area is 278 Å². The predicted octanol–water partition coefficient (Wildman–Crippen LogP) is 2.83. The van der Waals surface area contributed by atoms with E-state index in [9.17, 15) is 29.1 Å². The van der Waals surface area contributed by atoms with Gasteiger partial charge in [-0.3, -0.25) is 19.2 Å². The van der Waals surface area contributed by atoms with Gasteiger partial charge < -0.3 is 31.7 Å². The van der Waals surface area contributed by atoms with E-state index < -0.39 is 58.8 Å². The number of hydrogen-bond donors (Lipinski definition) is 5. The molecule has 0 radical (unpaired) electrons. The zero-order chi connectivity index (χ0) is 34.3. The van der Waals surface area contributed by atoms with Crippen LogP contribution in [0.1, 0.15) is 91.5 Å². The number of hydrogen-bond acceptors (Lipinski definition) is 6. The quantitative estimate of drug-likeness (QED) is 0.218. The number of nitrogens with one attached hydrogen (secondary N) is 3. The standard InChI is InChI=1S/C36H53N5O6/c1-34(2,3)29(39-33(47)40-36(16-10-7-11-17-36)25(42)19-21-12-8-6-9-13-21)32(46)41-20-23-26(35(23,4)5)27(41)31(45)38-24(18-22-14-15-22)28(43)30(37)44/h6,8-9,12-13,22-27,29,42H,7,10-11,14-20H2,1-5H3,(H2,37,44)(H,38,45)(H2,39,40,47)/t23-,24?,25?,26-,27-,29+/m0/s1. The lowest BCUT2D eigenvalue weighted by Crippen LogP contribution is -2.65. The molecule has 258 valence electrons. The SMILES string of the molecule is CC(C)(C)[C@H](NC(=O)NC1(C(O)Cc2ccccc2)CCCCC1)C(=O)N1C[C@H]2[C@@H]([C@H]1C(=O)NC(CC1CC1)C(=O)C(N)=O)C2(C)C. The van der Waals surface area contributed by atoms with E-state index >= 15 is 0 Å². The van der Waals surface area contributed by atoms with Crippen molar-refractivity contribution in [2.24, 2.45) is 34.3 Å². The molecule has 1 aliphatic heterocycles. The molecule has 0 spiro atoms. The van der Waals surface area contributed by atoms with Crippen LogP contribution >= 0.6 is 0 Å². The lowest BCUT2D eigenvalue weighted by atomic mass is 9.76. The average Bonchev–Trinajstić information content (AvgIpc) is 3.86. The molecule has 11 heteroatoms. The number of ketones is 1. The number of fused-ring (bicyclic) bond motifs is 1. The maximum Gasteiger partial charge on any atom is 0.315 e. The highest BCUT2D eigenvalue weighted by Gasteiger charge is 2.70. The number of piperidine rings is 1. The minimum absolute atomic E-state index is 0.0870. The van der Waals surface area contributed by atoms with Gasteiger partial charge in [-0.1, -0.05) is 97.1 Å². The zero-order valence-corrected chi connectivity index (χ0v) is 28.5. The number of Topliss-reactive ketones (excluding diaryl/α,β-unsaturated/α-hetero) is 1. The smallest absolute Gasteiger partial charge is 0.315 e. The van der Waals surface area contributed by atoms with Gasteiger partial charge in [0.1, 0.15) is 12.1 Å². The average molecular weight is 652 g/mol. The van der Waals surface area contributed by atoms with Crippen LogP contribution in [-0.2, 0) is 25.6 Å². The summed E-state index contributed by atoms with van der Waals surface area (Å²) in [5, 5.41) is 20.3. The summed E-state index contributed by atoms with van der Waals surface area (Å²) in [4.78, 5) is 68.1. The number of carbonyl (C=O) groups is 5. The van der Waals surface area contributed by atoms with Crippen molar-refractivity contribution in [3.63, 3.8) is 0 Å². The number of nitrogens with zero attached hydrogens (tertiary/aromatic N) is 1. The highest BCUT2D eigenvalue weighted by molar-refractivity contribution is 6.37. The summed E-state index contributed by atoms with van der Waals surface area (Å²) in [5.74, 6) is -2.55. The molecule has 6 atom stereocenters. The number of aliphatic hydroxyl groups excluding tert-OH is 1. The molecule has 11 nitrogen and oxygen atoms in total. The zero-order valence-electron chi connectivity index (χ0n) is 28.5. The van der Waals surface area contributed by atoms with E-state index in [0.29, 0.717) is 32.2 Å². The first kappa shape index (κ1) is 34.9. The summed E-state index contributed by atoms with van der Waals surface area (Å²) in [6.07, 6.45) is 5.80. The first-order valence-electron chi connectivity index (χ1n) is 17.3. The molecule has 6 N–H and O–H groups in total. The number of nitrogens with two attached hydrogens (primary N) is 1. The van der Waals surface area contributed by atoms with Gasteiger partial charge in [-0.15, -0.1) is 0 Å². The number of benzene rings is 1. The van der Waals surface area contributed by atoms with Gasteiger partial charge >= 0.3 is 6.03 Å². The second-order valence-corrected chi connectivity index (χ2v) is 16.2. The van der Waals surface area contributed by atoms with Crippen molar-refractivity contribution in [2.45, 2.75) is 122 Å². The monoisotopic (exact) mass is 651 g/mol. The van der Waals surface area contributed by atoms with Gasteiger partial charge in [0.2, 0.25) is 17.6 Å². The topological polar surface area (TPSA) is 171 Å². The van der Waals surface area contributed by atoms with Crippen molar-refractivity contribution in [3.8, 4) is 0 Å². The van der Waals surface area contributed by atoms with Gasteiger partial charge in [-0.25, -0.2) is 4.79 Å². The largest absolute Gasteiger partial charge is 0.390 e. The molecular weight excluding hydrogens is 598 g/mol. The number of carbonyl (C=O) groups excluding carboxylic acids is 5. The molecule has 1 saturated heterocycles. The van der Waals surface area contributed by atoms with Gasteiger partial charge in [-0.2, -0.15) is 0 Å². The fraction of sp³-hybridized carbons (Fsp3) is 0.694. The van der Waals surface area contributed by atoms with Gasteiger partial charge in [0.05, 0.1) is 17.7 Å². The second-order valence-electron chi connectivity index (χ2n) is 16.2. The van der Waals surface area contributed by atoms with Crippen LogP contribution in [0.3, 0.4) is 0 Å². The van der Waals surface area contributed by atoms with E-state index in [1.807, 2.05) is 51.1 Å². The lowest BCUT2D eigenvalue weighted by Gasteiger charge is -2.43. The van der Waals surface area contributed by atoms with Crippen LogP contribution in [0, 0.1) is 28.6 Å². The van der Waals surface area contributed by atoms with E-state index in [1.54, 1.807) is 4.90 Å². The number of primary amides is 1. The predicted molar refractivity (Wildman–Crippen MR) is 177 cm³/mol. The summed E-state index contributed by atoms with van der Waals surface area (Å²) in [6, 6.07) is 6.31. The van der Waals surface area contributed by atoms with E-state index in [4.69, 9.17) is 5.73 Å². The Morgan fingerprint density at radius 2 is 1.64 bits per heavy atom. The van der Waals surface area contributed by atoms with Crippen molar-refractivity contribution >= 4 is 29.5 Å². The van der Waals surface area contributed by atoms with E-state index in [0.717, 1.165) is 37.7 Å². The molecule has 47 heavy (non-hydrogen) atoms. The third kappa shape index (κ3) is 7.50. The molecule has 0 aromatic heterocycles. The molecule has 5 amide bonds. The van der Waals surface area contributed by atoms with Crippen LogP contribution in [0.5, 0.6) is 0 Å². The molecule has 2 unspecified atom stereocenters. The van der Waals surface area contributed by atoms with Crippen LogP contribution in [0.15, 0.2) is 30.3 Å². The Balaban J connectivity index is 1.33. The van der Waals surface area contributed by atoms with E-state index in [-0.39, 0.29) is 29.1 Å². The maximum atomic E-state index is 14.4. The molecule has 4 fully saturated rings. The highest BCUT2D eigenvalue weighted by Crippen LogP contribution is 2.65. The fourth-order valence-corrected chi connectivity index (χ4v) is 8.13. The van der Waals surface area contributed by atoms with Crippen molar-refractivity contribution in [1.82, 2.24) is 20.9 Å². The molecule has 0 bridgehead atoms. The van der Waals surface area contributed by atoms with E-state index in [2.05, 4.69) is 29.8 Å². The first-order chi connectivity index (χ1) is 22.0. The fourth-order valence-electron chi connectivity index (χ4n) is 8.13. The Bertz CT molecular complexity index is 1360. The first-order valence-corrected chi connectivity index (χ1v) is 17.3. The summed E-state index contributed by atoms with van der Waals surface area (Å²) in [5.41, 5.74) is 4.57. The van der Waals surface area contributed by atoms with Gasteiger partial charge in [0.15, 0.2) is 0 Å². The van der Waals surface area contributed by atoms with Crippen LogP contribution < -0.4 is 21.7 Å². The van der Waals surface area contributed by atoms with Crippen molar-refractivity contribution in [2.75, 3.05) is 6.54 Å². The molecular formula is C36H53N5O6. The van der Waals surface area contributed by atoms with Gasteiger partial charge in [0, 0.05) is 13.0 Å². The number of urea groups is 1. The number of aliphatic hydroxyl groups is 1. The van der Waals surface area contributed by atoms with E-state index in [1.165, 1.54) is 0 Å². The van der Waals surface area contributed by atoms with Crippen LogP contribution in [0.25, 0.3) is 0 Å². The second kappa shape index (κ2) is 13.2. The molecule has 1 aromatic carbocycles.